The summed E-state index contributed by atoms with van der Waals surface area (Å²) in [5.74, 6) is -1.23. The summed E-state index contributed by atoms with van der Waals surface area (Å²) in [6.07, 6.45) is 1.42. The second kappa shape index (κ2) is 10.4. The van der Waals surface area contributed by atoms with Crippen LogP contribution in [0.4, 0.5) is 26.1 Å². The third-order valence-electron chi connectivity index (χ3n) is 7.95. The second-order valence-electron chi connectivity index (χ2n) is 12.1. The quantitative estimate of drug-likeness (QED) is 0.292. The van der Waals surface area contributed by atoms with E-state index in [9.17, 15) is 18.4 Å². The number of benzene rings is 1. The number of halogens is 3. The molecule has 2 aliphatic heterocycles. The minimum Gasteiger partial charge on any atom is -0.465 e. The number of carbonyl (C=O) groups excluding carboxylic acids is 2. The summed E-state index contributed by atoms with van der Waals surface area (Å²) < 4.78 is 33.4. The first-order chi connectivity index (χ1) is 19.6. The highest BCUT2D eigenvalue weighted by Crippen LogP contribution is 2.43. The van der Waals surface area contributed by atoms with Gasteiger partial charge in [0.25, 0.3) is 5.91 Å². The van der Waals surface area contributed by atoms with E-state index in [2.05, 4.69) is 14.9 Å². The third kappa shape index (κ3) is 5.04. The van der Waals surface area contributed by atoms with Gasteiger partial charge in [0.2, 0.25) is 0 Å². The fourth-order valence-electron chi connectivity index (χ4n) is 5.84. The molecule has 1 aromatic carbocycles. The average Bonchev–Trinajstić information content (AvgIpc) is 3.19. The zero-order valence-electron chi connectivity index (χ0n) is 24.7. The summed E-state index contributed by atoms with van der Waals surface area (Å²) in [5, 5.41) is -0.563. The number of amides is 1. The van der Waals surface area contributed by atoms with Gasteiger partial charge in [0.1, 0.15) is 28.2 Å². The molecule has 0 unspecified atom stereocenters. The van der Waals surface area contributed by atoms with Gasteiger partial charge in [-0.3, -0.25) is 4.79 Å². The van der Waals surface area contributed by atoms with Crippen LogP contribution in [0.15, 0.2) is 24.4 Å². The van der Waals surface area contributed by atoms with Crippen LogP contribution in [-0.2, 0) is 10.2 Å². The van der Waals surface area contributed by atoms with Crippen LogP contribution in [0.1, 0.15) is 65.5 Å². The van der Waals surface area contributed by atoms with Crippen molar-refractivity contribution in [2.24, 2.45) is 0 Å². The number of aromatic nitrogens is 3. The van der Waals surface area contributed by atoms with Crippen molar-refractivity contribution >= 4 is 40.8 Å². The number of fused-ring (bicyclic) bond motifs is 1. The first kappa shape index (κ1) is 29.6. The monoisotopic (exact) mass is 598 g/mol. The Bertz CT molecular complexity index is 1570. The van der Waals surface area contributed by atoms with Gasteiger partial charge in [-0.15, -0.1) is 0 Å². The number of piperazine rings is 1. The normalized spacial score (nSPS) is 17.3. The van der Waals surface area contributed by atoms with Crippen LogP contribution in [0.3, 0.4) is 0 Å². The van der Waals surface area contributed by atoms with E-state index in [1.54, 1.807) is 16.7 Å². The fourth-order valence-corrected chi connectivity index (χ4v) is 5.95. The molecule has 1 fully saturated rings. The number of rotatable bonds is 4. The average molecular weight is 599 g/mol. The summed E-state index contributed by atoms with van der Waals surface area (Å²) >= 11 is 5.68. The van der Waals surface area contributed by atoms with E-state index in [0.717, 1.165) is 11.4 Å². The van der Waals surface area contributed by atoms with Crippen molar-refractivity contribution in [2.75, 3.05) is 43.1 Å². The van der Waals surface area contributed by atoms with Crippen molar-refractivity contribution in [1.29, 1.82) is 0 Å². The van der Waals surface area contributed by atoms with Crippen LogP contribution >= 0.6 is 11.6 Å². The van der Waals surface area contributed by atoms with E-state index in [0.29, 0.717) is 48.9 Å². The van der Waals surface area contributed by atoms with Gasteiger partial charge in [-0.05, 0) is 51.5 Å². The van der Waals surface area contributed by atoms with Crippen LogP contribution < -0.4 is 9.80 Å². The summed E-state index contributed by atoms with van der Waals surface area (Å²) in [5.41, 5.74) is 1.73. The van der Waals surface area contributed by atoms with Gasteiger partial charge in [-0.25, -0.2) is 28.5 Å². The number of pyridine rings is 1. The lowest BCUT2D eigenvalue weighted by Crippen LogP contribution is -2.61. The molecule has 42 heavy (non-hydrogen) atoms. The molecule has 0 bridgehead atoms. The SMILES string of the molecule is COC(=O)c1c(C)cc(N2CCN(C(=O)c3cnc4c(n3)C(C)(C)CN4c3cc(F)c(Cl)c(F)c3)C(C)(C)C2)nc1C. The molecule has 0 N–H and O–H groups in total. The molecule has 0 aliphatic carbocycles. The van der Waals surface area contributed by atoms with Crippen LogP contribution in [0.5, 0.6) is 0 Å². The van der Waals surface area contributed by atoms with Crippen LogP contribution in [-0.4, -0.2) is 70.6 Å². The predicted molar refractivity (Wildman–Crippen MR) is 156 cm³/mol. The Labute approximate surface area is 248 Å². The minimum absolute atomic E-state index is 0.200. The topological polar surface area (TPSA) is 91.8 Å². The van der Waals surface area contributed by atoms with Crippen LogP contribution in [0.2, 0.25) is 5.02 Å². The lowest BCUT2D eigenvalue weighted by atomic mass is 9.92. The maximum Gasteiger partial charge on any atom is 0.339 e. The highest BCUT2D eigenvalue weighted by Gasteiger charge is 2.42. The van der Waals surface area contributed by atoms with E-state index in [1.165, 1.54) is 25.4 Å². The van der Waals surface area contributed by atoms with Gasteiger partial charge in [-0.2, -0.15) is 0 Å². The van der Waals surface area contributed by atoms with Gasteiger partial charge < -0.3 is 19.4 Å². The molecule has 2 aliphatic rings. The molecule has 12 heteroatoms. The molecule has 4 heterocycles. The summed E-state index contributed by atoms with van der Waals surface area (Å²) in [7, 11) is 1.35. The van der Waals surface area contributed by atoms with E-state index < -0.39 is 33.6 Å². The highest BCUT2D eigenvalue weighted by molar-refractivity contribution is 6.31. The van der Waals surface area contributed by atoms with Crippen molar-refractivity contribution in [3.63, 3.8) is 0 Å². The van der Waals surface area contributed by atoms with Gasteiger partial charge in [0.05, 0.1) is 35.8 Å². The van der Waals surface area contributed by atoms with Crippen LogP contribution in [0, 0.1) is 25.5 Å². The lowest BCUT2D eigenvalue weighted by molar-refractivity contribution is 0.0505. The van der Waals surface area contributed by atoms with Gasteiger partial charge in [0.15, 0.2) is 5.82 Å². The van der Waals surface area contributed by atoms with E-state index in [4.69, 9.17) is 21.3 Å². The number of carbonyl (C=O) groups is 2. The molecule has 0 spiro atoms. The molecule has 0 saturated carbocycles. The highest BCUT2D eigenvalue weighted by atomic mass is 35.5. The van der Waals surface area contributed by atoms with E-state index in [-0.39, 0.29) is 17.3 Å². The van der Waals surface area contributed by atoms with Gasteiger partial charge >= 0.3 is 5.97 Å². The standard InChI is InChI=1S/C30H33ClF2N6O3/c1-16-10-22(35-17(2)23(16)28(41)42-7)37-8-9-39(30(5,6)15-37)27(40)21-13-34-26-25(36-21)29(3,4)14-38(26)18-11-19(32)24(31)20(33)12-18/h10-13H,8-9,14-15H2,1-7H3. The van der Waals surface area contributed by atoms with Crippen molar-refractivity contribution in [3.8, 4) is 0 Å². The molecule has 2 aromatic heterocycles. The number of anilines is 3. The Morgan fingerprint density at radius 1 is 1.00 bits per heavy atom. The van der Waals surface area contributed by atoms with Crippen LogP contribution in [0.25, 0.3) is 0 Å². The van der Waals surface area contributed by atoms with Crippen molar-refractivity contribution in [1.82, 2.24) is 19.9 Å². The van der Waals surface area contributed by atoms with Gasteiger partial charge in [0, 0.05) is 37.3 Å². The smallest absolute Gasteiger partial charge is 0.339 e. The Morgan fingerprint density at radius 3 is 2.26 bits per heavy atom. The molecule has 5 rings (SSSR count). The number of ether oxygens (including phenoxy) is 1. The van der Waals surface area contributed by atoms with Crippen molar-refractivity contribution < 1.29 is 23.1 Å². The molecule has 0 atom stereocenters. The summed E-state index contributed by atoms with van der Waals surface area (Å²) in [6.45, 7) is 13.3. The molecule has 3 aromatic rings. The molecule has 222 valence electrons. The Morgan fingerprint density at radius 2 is 1.67 bits per heavy atom. The first-order valence-corrected chi connectivity index (χ1v) is 14.0. The first-order valence-electron chi connectivity index (χ1n) is 13.6. The Balaban J connectivity index is 1.39. The number of nitrogens with zero attached hydrogens (tertiary/aromatic N) is 6. The number of esters is 1. The minimum atomic E-state index is -0.862. The molecular formula is C30H33ClF2N6O3. The van der Waals surface area contributed by atoms with Crippen molar-refractivity contribution in [3.05, 3.63) is 69.3 Å². The molecular weight excluding hydrogens is 566 g/mol. The molecule has 1 saturated heterocycles. The number of methoxy groups -OCH3 is 1. The lowest BCUT2D eigenvalue weighted by Gasteiger charge is -2.47. The number of hydrogen-bond acceptors (Lipinski definition) is 8. The maximum absolute atomic E-state index is 14.2. The van der Waals surface area contributed by atoms with Gasteiger partial charge in [-0.1, -0.05) is 25.4 Å². The third-order valence-corrected chi connectivity index (χ3v) is 8.31. The molecule has 9 nitrogen and oxygen atoms in total. The Kier molecular flexibility index (Phi) is 7.37. The number of hydrogen-bond donors (Lipinski definition) is 0. The van der Waals surface area contributed by atoms with E-state index >= 15 is 0 Å². The fraction of sp³-hybridized carbons (Fsp3) is 0.433. The largest absolute Gasteiger partial charge is 0.465 e. The zero-order valence-corrected chi connectivity index (χ0v) is 25.4. The Hall–Kier alpha value is -3.86. The number of aryl methyl sites for hydroxylation is 2. The van der Waals surface area contributed by atoms with Crippen molar-refractivity contribution in [2.45, 2.75) is 52.5 Å². The zero-order chi connectivity index (χ0) is 30.7. The van der Waals surface area contributed by atoms with E-state index in [1.807, 2.05) is 40.7 Å². The maximum atomic E-state index is 14.2. The predicted octanol–water partition coefficient (Wildman–Crippen LogP) is 5.38. The molecule has 1 amide bonds. The summed E-state index contributed by atoms with van der Waals surface area (Å²) in [6, 6.07) is 4.20. The summed E-state index contributed by atoms with van der Waals surface area (Å²) in [4.78, 5) is 45.5. The second-order valence-corrected chi connectivity index (χ2v) is 12.4. The molecule has 0 radical (unpaired) electrons.